The molecule has 1 saturated heterocycles. The maximum atomic E-state index is 12.9. The fourth-order valence-corrected chi connectivity index (χ4v) is 4.46. The lowest BCUT2D eigenvalue weighted by Gasteiger charge is -2.33. The molecule has 26 heavy (non-hydrogen) atoms. The monoisotopic (exact) mass is 384 g/mol. The number of nitro benzene ring substituents is 1. The molecule has 2 unspecified atom stereocenters. The van der Waals surface area contributed by atoms with Crippen LogP contribution in [0.3, 0.4) is 0 Å². The average molecular weight is 384 g/mol. The van der Waals surface area contributed by atoms with Gasteiger partial charge in [-0.05, 0) is 38.9 Å². The fourth-order valence-electron chi connectivity index (χ4n) is 2.80. The molecule has 1 aromatic rings. The van der Waals surface area contributed by atoms with Crippen LogP contribution in [0.15, 0.2) is 29.2 Å². The van der Waals surface area contributed by atoms with Crippen molar-refractivity contribution in [3.63, 3.8) is 0 Å². The van der Waals surface area contributed by atoms with E-state index in [0.717, 1.165) is 18.6 Å². The Balaban J connectivity index is 2.21. The van der Waals surface area contributed by atoms with Crippen molar-refractivity contribution in [1.82, 2.24) is 14.9 Å². The number of nitrogens with zero attached hydrogens (tertiary/aromatic N) is 2. The summed E-state index contributed by atoms with van der Waals surface area (Å²) >= 11 is 0. The lowest BCUT2D eigenvalue weighted by Crippen LogP contribution is -2.53. The summed E-state index contributed by atoms with van der Waals surface area (Å²) in [7, 11) is -2.13. The van der Waals surface area contributed by atoms with Crippen LogP contribution in [0.4, 0.5) is 5.69 Å². The molecule has 10 heteroatoms. The molecule has 0 aromatic heterocycles. The molecule has 1 aliphatic rings. The molecule has 2 rings (SSSR count). The predicted octanol–water partition coefficient (Wildman–Crippen LogP) is 0.862. The number of amides is 1. The molecule has 1 aromatic carbocycles. The van der Waals surface area contributed by atoms with Crippen LogP contribution in [0.25, 0.3) is 0 Å². The minimum Gasteiger partial charge on any atom is -0.353 e. The first-order valence-corrected chi connectivity index (χ1v) is 9.92. The van der Waals surface area contributed by atoms with Crippen LogP contribution in [0.2, 0.25) is 0 Å². The third kappa shape index (κ3) is 4.57. The third-order valence-corrected chi connectivity index (χ3v) is 6.41. The van der Waals surface area contributed by atoms with E-state index >= 15 is 0 Å². The van der Waals surface area contributed by atoms with Gasteiger partial charge in [-0.2, -0.15) is 4.31 Å². The van der Waals surface area contributed by atoms with Gasteiger partial charge in [0.1, 0.15) is 6.04 Å². The molecule has 9 nitrogen and oxygen atoms in total. The highest BCUT2D eigenvalue weighted by Crippen LogP contribution is 2.26. The molecule has 2 N–H and O–H groups in total. The average Bonchev–Trinajstić information content (AvgIpc) is 2.65. The summed E-state index contributed by atoms with van der Waals surface area (Å²) in [5.74, 6) is -0.322. The molecule has 2 atom stereocenters. The first-order valence-electron chi connectivity index (χ1n) is 8.48. The predicted molar refractivity (Wildman–Crippen MR) is 96.2 cm³/mol. The van der Waals surface area contributed by atoms with Crippen LogP contribution < -0.4 is 10.6 Å². The summed E-state index contributed by atoms with van der Waals surface area (Å²) < 4.78 is 27.1. The van der Waals surface area contributed by atoms with Crippen LogP contribution in [0, 0.1) is 10.1 Å². The van der Waals surface area contributed by atoms with Gasteiger partial charge in [0.25, 0.3) is 5.69 Å². The highest BCUT2D eigenvalue weighted by atomic mass is 32.2. The molecule has 1 aliphatic heterocycles. The van der Waals surface area contributed by atoms with Crippen molar-refractivity contribution in [2.45, 2.75) is 43.2 Å². The Hall–Kier alpha value is -2.04. The molecule has 0 spiro atoms. The Bertz CT molecular complexity index is 750. The molecule has 1 amide bonds. The third-order valence-electron chi connectivity index (χ3n) is 4.49. The van der Waals surface area contributed by atoms with E-state index in [0.29, 0.717) is 19.4 Å². The van der Waals surface area contributed by atoms with E-state index < -0.39 is 21.0 Å². The van der Waals surface area contributed by atoms with Gasteiger partial charge in [-0.3, -0.25) is 14.9 Å². The normalized spacial score (nSPS) is 19.7. The first-order chi connectivity index (χ1) is 12.3. The number of carbonyl (C=O) groups is 1. The van der Waals surface area contributed by atoms with Crippen LogP contribution in [0.1, 0.15) is 26.2 Å². The summed E-state index contributed by atoms with van der Waals surface area (Å²) in [6, 6.07) is 4.02. The molecule has 1 heterocycles. The van der Waals surface area contributed by atoms with Gasteiger partial charge in [0.05, 0.1) is 9.82 Å². The standard InChI is InChI=1S/C16H24N4O5S/c1-12(17-2)11-18-16(21)15-5-3-4-10-19(15)26(24,25)14-8-6-13(7-9-14)20(22)23/h6-9,12,15,17H,3-5,10-11H2,1-2H3,(H,18,21). The van der Waals surface area contributed by atoms with E-state index in [9.17, 15) is 23.3 Å². The Morgan fingerprint density at radius 3 is 2.58 bits per heavy atom. The van der Waals surface area contributed by atoms with Gasteiger partial charge >= 0.3 is 0 Å². The molecule has 0 aliphatic carbocycles. The number of benzene rings is 1. The number of rotatable bonds is 7. The summed E-state index contributed by atoms with van der Waals surface area (Å²) in [6.07, 6.45) is 1.89. The van der Waals surface area contributed by atoms with Gasteiger partial charge in [-0.25, -0.2) is 8.42 Å². The fraction of sp³-hybridized carbons (Fsp3) is 0.562. The number of likely N-dealkylation sites (N-methyl/N-ethyl adjacent to an activating group) is 1. The first kappa shape index (κ1) is 20.3. The minimum atomic E-state index is -3.91. The maximum absolute atomic E-state index is 12.9. The van der Waals surface area contributed by atoms with Crippen molar-refractivity contribution in [1.29, 1.82) is 0 Å². The highest BCUT2D eigenvalue weighted by Gasteiger charge is 2.37. The Morgan fingerprint density at radius 2 is 2.00 bits per heavy atom. The highest BCUT2D eigenvalue weighted by molar-refractivity contribution is 7.89. The zero-order valence-electron chi connectivity index (χ0n) is 14.8. The number of sulfonamides is 1. The van der Waals surface area contributed by atoms with E-state index in [2.05, 4.69) is 10.6 Å². The second-order valence-corrected chi connectivity index (χ2v) is 8.20. The molecule has 1 fully saturated rings. The zero-order chi connectivity index (χ0) is 19.3. The van der Waals surface area contributed by atoms with Gasteiger partial charge in [-0.15, -0.1) is 0 Å². The van der Waals surface area contributed by atoms with Gasteiger partial charge in [0.15, 0.2) is 0 Å². The maximum Gasteiger partial charge on any atom is 0.269 e. The molecule has 0 saturated carbocycles. The lowest BCUT2D eigenvalue weighted by atomic mass is 10.0. The number of nitro groups is 1. The van der Waals surface area contributed by atoms with Crippen LogP contribution in [-0.2, 0) is 14.8 Å². The summed E-state index contributed by atoms with van der Waals surface area (Å²) in [5.41, 5.74) is -0.182. The van der Waals surface area contributed by atoms with Gasteiger partial charge in [-0.1, -0.05) is 6.42 Å². The second kappa shape index (κ2) is 8.56. The van der Waals surface area contributed by atoms with E-state index in [-0.39, 0.29) is 29.1 Å². The summed E-state index contributed by atoms with van der Waals surface area (Å²) in [4.78, 5) is 22.6. The SMILES string of the molecule is CNC(C)CNC(=O)C1CCCCN1S(=O)(=O)c1ccc([N+](=O)[O-])cc1. The van der Waals surface area contributed by atoms with Crippen molar-refractivity contribution in [2.24, 2.45) is 0 Å². The number of piperidine rings is 1. The van der Waals surface area contributed by atoms with E-state index in [1.807, 2.05) is 6.92 Å². The van der Waals surface area contributed by atoms with Crippen molar-refractivity contribution in [2.75, 3.05) is 20.1 Å². The topological polar surface area (TPSA) is 122 Å². The number of non-ortho nitro benzene ring substituents is 1. The molecule has 0 bridgehead atoms. The van der Waals surface area contributed by atoms with Crippen molar-refractivity contribution in [3.8, 4) is 0 Å². The Kier molecular flexibility index (Phi) is 6.68. The van der Waals surface area contributed by atoms with Gasteiger partial charge in [0.2, 0.25) is 15.9 Å². The minimum absolute atomic E-state index is 0.0496. The van der Waals surface area contributed by atoms with Crippen molar-refractivity contribution < 1.29 is 18.1 Å². The van der Waals surface area contributed by atoms with Crippen molar-refractivity contribution >= 4 is 21.6 Å². The second-order valence-electron chi connectivity index (χ2n) is 6.31. The van der Waals surface area contributed by atoms with Gasteiger partial charge in [0, 0.05) is 31.3 Å². The quantitative estimate of drug-likeness (QED) is 0.531. The number of nitrogens with one attached hydrogen (secondary N) is 2. The van der Waals surface area contributed by atoms with E-state index in [1.54, 1.807) is 7.05 Å². The number of hydrogen-bond donors (Lipinski definition) is 2. The van der Waals surface area contributed by atoms with Gasteiger partial charge < -0.3 is 10.6 Å². The van der Waals surface area contributed by atoms with Crippen molar-refractivity contribution in [3.05, 3.63) is 34.4 Å². The number of hydrogen-bond acceptors (Lipinski definition) is 6. The van der Waals surface area contributed by atoms with E-state index in [4.69, 9.17) is 0 Å². The molecular weight excluding hydrogens is 360 g/mol. The molecule has 144 valence electrons. The summed E-state index contributed by atoms with van der Waals surface area (Å²) in [5, 5.41) is 16.5. The largest absolute Gasteiger partial charge is 0.353 e. The Labute approximate surface area is 153 Å². The van der Waals surface area contributed by atoms with Crippen LogP contribution >= 0.6 is 0 Å². The molecular formula is C16H24N4O5S. The number of carbonyl (C=O) groups excluding carboxylic acids is 1. The summed E-state index contributed by atoms with van der Waals surface area (Å²) in [6.45, 7) is 2.56. The smallest absolute Gasteiger partial charge is 0.269 e. The lowest BCUT2D eigenvalue weighted by molar-refractivity contribution is -0.384. The van der Waals surface area contributed by atoms with Crippen LogP contribution in [-0.4, -0.2) is 55.8 Å². The zero-order valence-corrected chi connectivity index (χ0v) is 15.7. The van der Waals surface area contributed by atoms with Crippen LogP contribution in [0.5, 0.6) is 0 Å². The van der Waals surface area contributed by atoms with E-state index in [1.165, 1.54) is 16.4 Å². The molecule has 0 radical (unpaired) electrons. The Morgan fingerprint density at radius 1 is 1.35 bits per heavy atom.